The van der Waals surface area contributed by atoms with Gasteiger partial charge in [-0.1, -0.05) is 35.9 Å². The summed E-state index contributed by atoms with van der Waals surface area (Å²) in [5.41, 5.74) is 8.48. The van der Waals surface area contributed by atoms with Crippen LogP contribution in [0.4, 0.5) is 11.5 Å². The highest BCUT2D eigenvalue weighted by atomic mass is 35.5. The molecule has 0 fully saturated rings. The molecule has 0 unspecified atom stereocenters. The van der Waals surface area contributed by atoms with Crippen LogP contribution in [0, 0.1) is 6.92 Å². The van der Waals surface area contributed by atoms with Crippen molar-refractivity contribution in [2.24, 2.45) is 0 Å². The molecule has 2 aromatic carbocycles. The van der Waals surface area contributed by atoms with Crippen molar-refractivity contribution in [3.63, 3.8) is 0 Å². The number of nitrogens with zero attached hydrogens (tertiary/aromatic N) is 1. The van der Waals surface area contributed by atoms with Crippen LogP contribution >= 0.6 is 11.6 Å². The Bertz CT molecular complexity index is 877. The molecule has 0 bridgehead atoms. The number of hydrogen-bond donors (Lipinski definition) is 2. The number of rotatable bonds is 2. The molecule has 5 heteroatoms. The molecule has 0 saturated carbocycles. The molecular formula is C17H14ClN3O. The SMILES string of the molecule is Cc1c(Cl)cccc1NC(=O)c1cc2ccccc2nc1N. The van der Waals surface area contributed by atoms with Crippen molar-refractivity contribution in [3.05, 3.63) is 64.7 Å². The van der Waals surface area contributed by atoms with Gasteiger partial charge in [-0.15, -0.1) is 0 Å². The fourth-order valence-corrected chi connectivity index (χ4v) is 2.42. The highest BCUT2D eigenvalue weighted by Crippen LogP contribution is 2.25. The summed E-state index contributed by atoms with van der Waals surface area (Å²) in [7, 11) is 0. The van der Waals surface area contributed by atoms with E-state index in [0.29, 0.717) is 16.3 Å². The lowest BCUT2D eigenvalue weighted by Crippen LogP contribution is -2.15. The van der Waals surface area contributed by atoms with E-state index < -0.39 is 0 Å². The smallest absolute Gasteiger partial charge is 0.259 e. The fraction of sp³-hybridized carbons (Fsp3) is 0.0588. The van der Waals surface area contributed by atoms with E-state index in [-0.39, 0.29) is 11.7 Å². The van der Waals surface area contributed by atoms with Gasteiger partial charge in [0.15, 0.2) is 0 Å². The third-order valence-electron chi connectivity index (χ3n) is 3.51. The molecule has 0 saturated heterocycles. The minimum atomic E-state index is -0.305. The number of amides is 1. The summed E-state index contributed by atoms with van der Waals surface area (Å²) in [4.78, 5) is 16.7. The minimum Gasteiger partial charge on any atom is -0.383 e. The average Bonchev–Trinajstić information content (AvgIpc) is 2.51. The van der Waals surface area contributed by atoms with E-state index in [4.69, 9.17) is 17.3 Å². The monoisotopic (exact) mass is 311 g/mol. The number of anilines is 2. The number of hydrogen-bond acceptors (Lipinski definition) is 3. The van der Waals surface area contributed by atoms with E-state index in [0.717, 1.165) is 16.5 Å². The van der Waals surface area contributed by atoms with E-state index in [1.54, 1.807) is 24.3 Å². The Morgan fingerprint density at radius 1 is 1.18 bits per heavy atom. The number of para-hydroxylation sites is 1. The van der Waals surface area contributed by atoms with Gasteiger partial charge in [-0.25, -0.2) is 4.98 Å². The molecule has 0 aliphatic carbocycles. The summed E-state index contributed by atoms with van der Waals surface area (Å²) in [6.07, 6.45) is 0. The molecule has 3 aromatic rings. The van der Waals surface area contributed by atoms with E-state index >= 15 is 0 Å². The van der Waals surface area contributed by atoms with Crippen LogP contribution in [-0.4, -0.2) is 10.9 Å². The van der Waals surface area contributed by atoms with E-state index in [1.807, 2.05) is 31.2 Å². The maximum Gasteiger partial charge on any atom is 0.259 e. The summed E-state index contributed by atoms with van der Waals surface area (Å²) in [6.45, 7) is 1.85. The average molecular weight is 312 g/mol. The molecule has 22 heavy (non-hydrogen) atoms. The molecule has 0 radical (unpaired) electrons. The second kappa shape index (κ2) is 5.66. The van der Waals surface area contributed by atoms with Crippen molar-refractivity contribution in [2.45, 2.75) is 6.92 Å². The second-order valence-electron chi connectivity index (χ2n) is 4.98. The Morgan fingerprint density at radius 2 is 1.95 bits per heavy atom. The Morgan fingerprint density at radius 3 is 2.77 bits per heavy atom. The summed E-state index contributed by atoms with van der Waals surface area (Å²) >= 11 is 6.06. The molecule has 0 aliphatic rings. The standard InChI is InChI=1S/C17H14ClN3O/c1-10-13(18)6-4-8-14(10)21-17(22)12-9-11-5-2-3-7-15(11)20-16(12)19/h2-9H,1H3,(H2,19,20)(H,21,22). The fourth-order valence-electron chi connectivity index (χ4n) is 2.25. The highest BCUT2D eigenvalue weighted by molar-refractivity contribution is 6.31. The van der Waals surface area contributed by atoms with Crippen LogP contribution in [0.5, 0.6) is 0 Å². The molecule has 4 nitrogen and oxygen atoms in total. The van der Waals surface area contributed by atoms with Crippen LogP contribution in [0.3, 0.4) is 0 Å². The van der Waals surface area contributed by atoms with Crippen molar-refractivity contribution in [1.82, 2.24) is 4.98 Å². The minimum absolute atomic E-state index is 0.205. The van der Waals surface area contributed by atoms with E-state index in [2.05, 4.69) is 10.3 Å². The van der Waals surface area contributed by atoms with Gasteiger partial charge < -0.3 is 11.1 Å². The number of nitrogens with two attached hydrogens (primary N) is 1. The van der Waals surface area contributed by atoms with Crippen LogP contribution in [0.15, 0.2) is 48.5 Å². The van der Waals surface area contributed by atoms with Gasteiger partial charge in [0.1, 0.15) is 5.82 Å². The number of pyridine rings is 1. The van der Waals surface area contributed by atoms with Crippen LogP contribution in [0.25, 0.3) is 10.9 Å². The largest absolute Gasteiger partial charge is 0.383 e. The van der Waals surface area contributed by atoms with Gasteiger partial charge in [-0.3, -0.25) is 4.79 Å². The number of fused-ring (bicyclic) bond motifs is 1. The zero-order valence-corrected chi connectivity index (χ0v) is 12.7. The lowest BCUT2D eigenvalue weighted by atomic mass is 10.1. The van der Waals surface area contributed by atoms with Gasteiger partial charge in [-0.05, 0) is 36.8 Å². The number of benzene rings is 2. The van der Waals surface area contributed by atoms with Gasteiger partial charge in [0.2, 0.25) is 0 Å². The maximum absolute atomic E-state index is 12.5. The van der Waals surface area contributed by atoms with Crippen LogP contribution in [0.2, 0.25) is 5.02 Å². The van der Waals surface area contributed by atoms with Crippen molar-refractivity contribution < 1.29 is 4.79 Å². The Hall–Kier alpha value is -2.59. The highest BCUT2D eigenvalue weighted by Gasteiger charge is 2.14. The van der Waals surface area contributed by atoms with Crippen molar-refractivity contribution in [1.29, 1.82) is 0 Å². The topological polar surface area (TPSA) is 68.0 Å². The first kappa shape index (κ1) is 14.4. The van der Waals surface area contributed by atoms with E-state index in [9.17, 15) is 4.79 Å². The first-order valence-electron chi connectivity index (χ1n) is 6.78. The zero-order valence-electron chi connectivity index (χ0n) is 11.9. The number of nitrogen functional groups attached to an aromatic ring is 1. The normalized spacial score (nSPS) is 10.6. The van der Waals surface area contributed by atoms with Gasteiger partial charge in [0.05, 0.1) is 11.1 Å². The third-order valence-corrected chi connectivity index (χ3v) is 3.92. The summed E-state index contributed by atoms with van der Waals surface area (Å²) in [6, 6.07) is 14.6. The zero-order chi connectivity index (χ0) is 15.7. The van der Waals surface area contributed by atoms with Gasteiger partial charge in [0, 0.05) is 16.1 Å². The number of nitrogens with one attached hydrogen (secondary N) is 1. The Labute approximate surface area is 132 Å². The molecule has 110 valence electrons. The van der Waals surface area contributed by atoms with Gasteiger partial charge in [0.25, 0.3) is 5.91 Å². The summed E-state index contributed by atoms with van der Waals surface area (Å²) < 4.78 is 0. The molecular weight excluding hydrogens is 298 g/mol. The molecule has 3 N–H and O–H groups in total. The Kier molecular flexibility index (Phi) is 3.69. The van der Waals surface area contributed by atoms with E-state index in [1.165, 1.54) is 0 Å². The first-order chi connectivity index (χ1) is 10.6. The van der Waals surface area contributed by atoms with Gasteiger partial charge >= 0.3 is 0 Å². The summed E-state index contributed by atoms with van der Waals surface area (Å²) in [5.74, 6) is -0.1000. The van der Waals surface area contributed by atoms with Crippen molar-refractivity contribution >= 4 is 39.9 Å². The third kappa shape index (κ3) is 2.61. The van der Waals surface area contributed by atoms with Crippen LogP contribution < -0.4 is 11.1 Å². The first-order valence-corrected chi connectivity index (χ1v) is 7.16. The van der Waals surface area contributed by atoms with Gasteiger partial charge in [-0.2, -0.15) is 0 Å². The van der Waals surface area contributed by atoms with Crippen molar-refractivity contribution in [2.75, 3.05) is 11.1 Å². The maximum atomic E-state index is 12.5. The second-order valence-corrected chi connectivity index (χ2v) is 5.39. The number of aromatic nitrogens is 1. The predicted molar refractivity (Wildman–Crippen MR) is 90.3 cm³/mol. The molecule has 0 spiro atoms. The number of halogens is 1. The molecule has 1 heterocycles. The quantitative estimate of drug-likeness (QED) is 0.750. The predicted octanol–water partition coefficient (Wildman–Crippen LogP) is 4.03. The molecule has 1 amide bonds. The molecule has 0 atom stereocenters. The number of carbonyl (C=O) groups is 1. The summed E-state index contributed by atoms with van der Waals surface area (Å²) in [5, 5.41) is 4.29. The van der Waals surface area contributed by atoms with Crippen molar-refractivity contribution in [3.8, 4) is 0 Å². The Balaban J connectivity index is 1.98. The molecule has 1 aromatic heterocycles. The van der Waals surface area contributed by atoms with Crippen LogP contribution in [0.1, 0.15) is 15.9 Å². The lowest BCUT2D eigenvalue weighted by Gasteiger charge is -2.11. The van der Waals surface area contributed by atoms with Crippen LogP contribution in [-0.2, 0) is 0 Å². The lowest BCUT2D eigenvalue weighted by molar-refractivity contribution is 0.102. The number of carbonyl (C=O) groups excluding carboxylic acids is 1. The molecule has 0 aliphatic heterocycles. The molecule has 3 rings (SSSR count).